The van der Waals surface area contributed by atoms with Crippen LogP contribution < -0.4 is 5.32 Å². The minimum atomic E-state index is -0.524. The Morgan fingerprint density at radius 2 is 2.23 bits per heavy atom. The van der Waals surface area contributed by atoms with Gasteiger partial charge in [0.2, 0.25) is 0 Å². The van der Waals surface area contributed by atoms with Gasteiger partial charge in [0.05, 0.1) is 11.8 Å². The van der Waals surface area contributed by atoms with E-state index in [1.165, 1.54) is 6.33 Å². The van der Waals surface area contributed by atoms with E-state index in [2.05, 4.69) is 15.4 Å². The maximum absolute atomic E-state index is 12.2. The van der Waals surface area contributed by atoms with Crippen LogP contribution in [-0.2, 0) is 0 Å². The topological polar surface area (TPSA) is 80.0 Å². The van der Waals surface area contributed by atoms with E-state index in [0.717, 1.165) is 17.7 Å². The molecular formula is C16H22N4O2. The van der Waals surface area contributed by atoms with Gasteiger partial charge in [-0.3, -0.25) is 4.79 Å². The Hall–Kier alpha value is -2.21. The first-order valence-electron chi connectivity index (χ1n) is 7.44. The molecule has 6 heteroatoms. The van der Waals surface area contributed by atoms with Crippen LogP contribution in [0.1, 0.15) is 36.2 Å². The van der Waals surface area contributed by atoms with Crippen LogP contribution in [0.15, 0.2) is 30.9 Å². The Balaban J connectivity index is 2.04. The Bertz CT molecular complexity index is 625. The number of amides is 1. The molecule has 0 saturated heterocycles. The Labute approximate surface area is 130 Å². The zero-order valence-corrected chi connectivity index (χ0v) is 13.2. The average molecular weight is 302 g/mol. The van der Waals surface area contributed by atoms with E-state index < -0.39 is 6.10 Å². The van der Waals surface area contributed by atoms with Crippen LogP contribution in [-0.4, -0.2) is 38.4 Å². The van der Waals surface area contributed by atoms with E-state index in [1.54, 1.807) is 17.1 Å². The number of nitrogens with one attached hydrogen (secondary N) is 1. The SMILES string of the molecule is CCC(C)C(O)CNC(=O)c1ccc(-n2cncn2)cc1C. The summed E-state index contributed by atoms with van der Waals surface area (Å²) in [7, 11) is 0. The van der Waals surface area contributed by atoms with Gasteiger partial charge in [0.1, 0.15) is 12.7 Å². The Kier molecular flexibility index (Phi) is 5.27. The molecule has 1 amide bonds. The van der Waals surface area contributed by atoms with Gasteiger partial charge in [0, 0.05) is 12.1 Å². The Morgan fingerprint density at radius 3 is 2.82 bits per heavy atom. The van der Waals surface area contributed by atoms with Gasteiger partial charge in [0.25, 0.3) is 5.91 Å². The quantitative estimate of drug-likeness (QED) is 0.851. The summed E-state index contributed by atoms with van der Waals surface area (Å²) in [6.07, 6.45) is 3.43. The molecule has 1 aromatic heterocycles. The standard InChI is InChI=1S/C16H22N4O2/c1-4-11(2)15(21)8-18-16(22)14-6-5-13(7-12(14)3)20-10-17-9-19-20/h5-7,9-11,15,21H,4,8H2,1-3H3,(H,18,22). The highest BCUT2D eigenvalue weighted by atomic mass is 16.3. The number of hydrogen-bond donors (Lipinski definition) is 2. The lowest BCUT2D eigenvalue weighted by molar-refractivity contribution is 0.0849. The number of aryl methyl sites for hydroxylation is 1. The number of benzene rings is 1. The molecule has 0 radical (unpaired) electrons. The number of aliphatic hydroxyl groups is 1. The van der Waals surface area contributed by atoms with Gasteiger partial charge in [-0.05, 0) is 36.6 Å². The number of carbonyl (C=O) groups is 1. The fourth-order valence-corrected chi connectivity index (χ4v) is 2.15. The van der Waals surface area contributed by atoms with E-state index in [9.17, 15) is 9.90 Å². The van der Waals surface area contributed by atoms with Gasteiger partial charge in [-0.25, -0.2) is 9.67 Å². The molecule has 2 atom stereocenters. The van der Waals surface area contributed by atoms with E-state index in [4.69, 9.17) is 0 Å². The first-order valence-corrected chi connectivity index (χ1v) is 7.44. The maximum Gasteiger partial charge on any atom is 0.251 e. The first-order chi connectivity index (χ1) is 10.5. The molecule has 1 aromatic carbocycles. The fourth-order valence-electron chi connectivity index (χ4n) is 2.15. The van der Waals surface area contributed by atoms with Crippen molar-refractivity contribution in [3.05, 3.63) is 42.0 Å². The molecule has 118 valence electrons. The molecule has 1 heterocycles. The zero-order chi connectivity index (χ0) is 16.1. The van der Waals surface area contributed by atoms with Crippen LogP contribution in [0.2, 0.25) is 0 Å². The first kappa shape index (κ1) is 16.2. The number of hydrogen-bond acceptors (Lipinski definition) is 4. The molecule has 0 saturated carbocycles. The lowest BCUT2D eigenvalue weighted by atomic mass is 10.0. The van der Waals surface area contributed by atoms with Crippen molar-refractivity contribution < 1.29 is 9.90 Å². The van der Waals surface area contributed by atoms with Crippen molar-refractivity contribution in [2.75, 3.05) is 6.54 Å². The summed E-state index contributed by atoms with van der Waals surface area (Å²) < 4.78 is 1.64. The number of aromatic nitrogens is 3. The second-order valence-corrected chi connectivity index (χ2v) is 5.50. The predicted molar refractivity (Wildman–Crippen MR) is 83.9 cm³/mol. The third-order valence-corrected chi connectivity index (χ3v) is 3.91. The zero-order valence-electron chi connectivity index (χ0n) is 13.2. The minimum Gasteiger partial charge on any atom is -0.391 e. The van der Waals surface area contributed by atoms with Gasteiger partial charge < -0.3 is 10.4 Å². The minimum absolute atomic E-state index is 0.163. The monoisotopic (exact) mass is 302 g/mol. The Morgan fingerprint density at radius 1 is 1.45 bits per heavy atom. The summed E-state index contributed by atoms with van der Waals surface area (Å²) in [5.74, 6) is -0.0129. The molecule has 22 heavy (non-hydrogen) atoms. The molecule has 0 aliphatic rings. The molecular weight excluding hydrogens is 280 g/mol. The number of carbonyl (C=O) groups excluding carboxylic acids is 1. The summed E-state index contributed by atoms with van der Waals surface area (Å²) in [6.45, 7) is 6.12. The summed E-state index contributed by atoms with van der Waals surface area (Å²) in [5, 5.41) is 16.8. The summed E-state index contributed by atoms with van der Waals surface area (Å²) in [4.78, 5) is 16.1. The fraction of sp³-hybridized carbons (Fsp3) is 0.438. The largest absolute Gasteiger partial charge is 0.391 e. The summed E-state index contributed by atoms with van der Waals surface area (Å²) in [5.41, 5.74) is 2.30. The molecule has 0 aliphatic heterocycles. The average Bonchev–Trinajstić information content (AvgIpc) is 3.05. The van der Waals surface area contributed by atoms with Gasteiger partial charge in [-0.2, -0.15) is 5.10 Å². The molecule has 2 aromatic rings. The lowest BCUT2D eigenvalue weighted by Gasteiger charge is -2.18. The highest BCUT2D eigenvalue weighted by Crippen LogP contribution is 2.14. The highest BCUT2D eigenvalue weighted by molar-refractivity contribution is 5.95. The number of rotatable bonds is 6. The van der Waals surface area contributed by atoms with Crippen LogP contribution in [0, 0.1) is 12.8 Å². The number of aliphatic hydroxyl groups excluding tert-OH is 1. The van der Waals surface area contributed by atoms with Crippen molar-refractivity contribution >= 4 is 5.91 Å². The second kappa shape index (κ2) is 7.17. The van der Waals surface area contributed by atoms with E-state index >= 15 is 0 Å². The van der Waals surface area contributed by atoms with Crippen LogP contribution in [0.5, 0.6) is 0 Å². The normalized spacial score (nSPS) is 13.6. The van der Waals surface area contributed by atoms with E-state index in [-0.39, 0.29) is 18.4 Å². The third kappa shape index (κ3) is 3.71. The third-order valence-electron chi connectivity index (χ3n) is 3.91. The van der Waals surface area contributed by atoms with Gasteiger partial charge in [-0.1, -0.05) is 20.3 Å². The second-order valence-electron chi connectivity index (χ2n) is 5.50. The molecule has 0 bridgehead atoms. The van der Waals surface area contributed by atoms with Crippen molar-refractivity contribution in [3.63, 3.8) is 0 Å². The van der Waals surface area contributed by atoms with Crippen LogP contribution in [0.25, 0.3) is 5.69 Å². The van der Waals surface area contributed by atoms with Crippen molar-refractivity contribution in [1.82, 2.24) is 20.1 Å². The molecule has 2 rings (SSSR count). The van der Waals surface area contributed by atoms with Crippen molar-refractivity contribution in [3.8, 4) is 5.69 Å². The van der Waals surface area contributed by atoms with Gasteiger partial charge in [-0.15, -0.1) is 0 Å². The van der Waals surface area contributed by atoms with Crippen LogP contribution in [0.4, 0.5) is 0 Å². The van der Waals surface area contributed by atoms with Crippen molar-refractivity contribution in [2.45, 2.75) is 33.3 Å². The highest BCUT2D eigenvalue weighted by Gasteiger charge is 2.15. The molecule has 6 nitrogen and oxygen atoms in total. The smallest absolute Gasteiger partial charge is 0.251 e. The van der Waals surface area contributed by atoms with Crippen molar-refractivity contribution in [1.29, 1.82) is 0 Å². The van der Waals surface area contributed by atoms with E-state index in [1.807, 2.05) is 32.9 Å². The molecule has 0 fully saturated rings. The van der Waals surface area contributed by atoms with Gasteiger partial charge >= 0.3 is 0 Å². The van der Waals surface area contributed by atoms with E-state index in [0.29, 0.717) is 5.56 Å². The van der Waals surface area contributed by atoms with Crippen LogP contribution >= 0.6 is 0 Å². The lowest BCUT2D eigenvalue weighted by Crippen LogP contribution is -2.35. The molecule has 0 aliphatic carbocycles. The van der Waals surface area contributed by atoms with Crippen molar-refractivity contribution in [2.24, 2.45) is 5.92 Å². The van der Waals surface area contributed by atoms with Crippen LogP contribution in [0.3, 0.4) is 0 Å². The number of nitrogens with zero attached hydrogens (tertiary/aromatic N) is 3. The molecule has 2 unspecified atom stereocenters. The maximum atomic E-state index is 12.2. The predicted octanol–water partition coefficient (Wildman–Crippen LogP) is 1.71. The van der Waals surface area contributed by atoms with Gasteiger partial charge in [0.15, 0.2) is 0 Å². The summed E-state index contributed by atoms with van der Waals surface area (Å²) in [6, 6.07) is 5.47. The molecule has 0 spiro atoms. The molecule has 2 N–H and O–H groups in total. The summed E-state index contributed by atoms with van der Waals surface area (Å²) >= 11 is 0.